The number of nitrogens with zero attached hydrogens (tertiary/aromatic N) is 3. The summed E-state index contributed by atoms with van der Waals surface area (Å²) in [5.74, 6) is 0.154. The molecule has 0 saturated heterocycles. The van der Waals surface area contributed by atoms with Crippen LogP contribution in [-0.2, 0) is 30.0 Å². The first-order valence-corrected chi connectivity index (χ1v) is 6.26. The van der Waals surface area contributed by atoms with Gasteiger partial charge in [-0.15, -0.1) is 0 Å². The van der Waals surface area contributed by atoms with E-state index in [0.29, 0.717) is 18.9 Å². The van der Waals surface area contributed by atoms with Crippen molar-refractivity contribution < 1.29 is 9.53 Å². The Kier molecular flexibility index (Phi) is 3.73. The van der Waals surface area contributed by atoms with Crippen molar-refractivity contribution in [2.75, 3.05) is 6.61 Å². The van der Waals surface area contributed by atoms with Gasteiger partial charge in [0.2, 0.25) is 0 Å². The number of nitrogens with one attached hydrogen (secondary N) is 1. The molecule has 0 saturated carbocycles. The Hall–Kier alpha value is -2.38. The van der Waals surface area contributed by atoms with E-state index in [1.807, 2.05) is 0 Å². The van der Waals surface area contributed by atoms with Crippen molar-refractivity contribution in [1.82, 2.24) is 19.1 Å². The lowest BCUT2D eigenvalue weighted by atomic mass is 10.3. The molecule has 0 radical (unpaired) electrons. The molecule has 8 nitrogen and oxygen atoms in total. The molecule has 2 heterocycles. The molecular formula is C12H16N4O4. The van der Waals surface area contributed by atoms with E-state index >= 15 is 0 Å². The Morgan fingerprint density at radius 2 is 2.00 bits per heavy atom. The van der Waals surface area contributed by atoms with E-state index in [0.717, 1.165) is 4.57 Å². The molecule has 0 aliphatic heterocycles. The highest BCUT2D eigenvalue weighted by Crippen LogP contribution is 2.06. The normalized spacial score (nSPS) is 10.9. The van der Waals surface area contributed by atoms with Crippen LogP contribution in [0.2, 0.25) is 0 Å². The SMILES string of the molecule is CCOC(=O)CCc1nc2c([nH]1)c(=O)n(C)c(=O)n2C. The minimum absolute atomic E-state index is 0.169. The number of aromatic nitrogens is 4. The monoisotopic (exact) mass is 280 g/mol. The number of carbonyl (C=O) groups is 1. The average molecular weight is 280 g/mol. The van der Waals surface area contributed by atoms with Crippen LogP contribution in [0.4, 0.5) is 0 Å². The van der Waals surface area contributed by atoms with E-state index in [2.05, 4.69) is 9.97 Å². The lowest BCUT2D eigenvalue weighted by Gasteiger charge is -2.00. The van der Waals surface area contributed by atoms with Crippen LogP contribution in [0, 0.1) is 0 Å². The second-order valence-corrected chi connectivity index (χ2v) is 4.39. The predicted molar refractivity (Wildman–Crippen MR) is 71.5 cm³/mol. The predicted octanol–water partition coefficient (Wildman–Crippen LogP) is -0.544. The summed E-state index contributed by atoms with van der Waals surface area (Å²) in [4.78, 5) is 42.0. The number of aryl methyl sites for hydroxylation is 2. The zero-order valence-corrected chi connectivity index (χ0v) is 11.6. The number of aromatic amines is 1. The van der Waals surface area contributed by atoms with Gasteiger partial charge in [0.05, 0.1) is 13.0 Å². The molecule has 2 aromatic heterocycles. The van der Waals surface area contributed by atoms with E-state index in [9.17, 15) is 14.4 Å². The van der Waals surface area contributed by atoms with E-state index in [1.165, 1.54) is 11.6 Å². The number of hydrogen-bond donors (Lipinski definition) is 1. The van der Waals surface area contributed by atoms with E-state index in [1.54, 1.807) is 14.0 Å². The van der Waals surface area contributed by atoms with Gasteiger partial charge in [0, 0.05) is 20.5 Å². The summed E-state index contributed by atoms with van der Waals surface area (Å²) >= 11 is 0. The molecule has 2 rings (SSSR count). The summed E-state index contributed by atoms with van der Waals surface area (Å²) in [5.41, 5.74) is -0.325. The van der Waals surface area contributed by atoms with Crippen molar-refractivity contribution in [2.45, 2.75) is 19.8 Å². The zero-order valence-electron chi connectivity index (χ0n) is 11.6. The minimum atomic E-state index is -0.439. The van der Waals surface area contributed by atoms with Crippen LogP contribution in [0.15, 0.2) is 9.59 Å². The van der Waals surface area contributed by atoms with Crippen LogP contribution in [0.1, 0.15) is 19.2 Å². The minimum Gasteiger partial charge on any atom is -0.466 e. The molecule has 0 spiro atoms. The van der Waals surface area contributed by atoms with Gasteiger partial charge in [-0.2, -0.15) is 0 Å². The molecule has 0 fully saturated rings. The maximum absolute atomic E-state index is 11.9. The highest BCUT2D eigenvalue weighted by atomic mass is 16.5. The lowest BCUT2D eigenvalue weighted by molar-refractivity contribution is -0.143. The maximum atomic E-state index is 11.9. The van der Waals surface area contributed by atoms with Gasteiger partial charge in [-0.25, -0.2) is 9.78 Å². The molecule has 0 aliphatic rings. The molecule has 0 amide bonds. The fraction of sp³-hybridized carbons (Fsp3) is 0.500. The number of rotatable bonds is 4. The number of carbonyl (C=O) groups excluding carboxylic acids is 1. The summed E-state index contributed by atoms with van der Waals surface area (Å²) in [7, 11) is 2.95. The number of esters is 1. The molecule has 20 heavy (non-hydrogen) atoms. The smallest absolute Gasteiger partial charge is 0.332 e. The molecule has 0 aliphatic carbocycles. The first-order valence-electron chi connectivity index (χ1n) is 6.26. The third kappa shape index (κ3) is 2.36. The standard InChI is InChI=1S/C12H16N4O4/c1-4-20-8(17)6-5-7-13-9-10(14-7)15(2)12(19)16(3)11(9)18/h4-6H2,1-3H3,(H,13,14). The van der Waals surface area contributed by atoms with E-state index < -0.39 is 11.2 Å². The fourth-order valence-corrected chi connectivity index (χ4v) is 1.95. The number of H-pyrrole nitrogens is 1. The van der Waals surface area contributed by atoms with Crippen molar-refractivity contribution in [3.05, 3.63) is 26.7 Å². The second kappa shape index (κ2) is 5.32. The Morgan fingerprint density at radius 3 is 2.65 bits per heavy atom. The van der Waals surface area contributed by atoms with Crippen molar-refractivity contribution in [3.8, 4) is 0 Å². The van der Waals surface area contributed by atoms with Gasteiger partial charge < -0.3 is 9.72 Å². The summed E-state index contributed by atoms with van der Waals surface area (Å²) in [6, 6.07) is 0. The Balaban J connectivity index is 2.37. The number of hydrogen-bond acceptors (Lipinski definition) is 5. The van der Waals surface area contributed by atoms with Gasteiger partial charge in [0.25, 0.3) is 5.56 Å². The van der Waals surface area contributed by atoms with Gasteiger partial charge in [0.1, 0.15) is 11.3 Å². The zero-order chi connectivity index (χ0) is 14.9. The topological polar surface area (TPSA) is 99.0 Å². The van der Waals surface area contributed by atoms with Gasteiger partial charge >= 0.3 is 11.7 Å². The maximum Gasteiger partial charge on any atom is 0.332 e. The van der Waals surface area contributed by atoms with Crippen molar-refractivity contribution in [2.24, 2.45) is 14.1 Å². The Labute approximate surface area is 114 Å². The van der Waals surface area contributed by atoms with E-state index in [4.69, 9.17) is 4.74 Å². The number of imidazole rings is 1. The molecule has 2 aromatic rings. The fourth-order valence-electron chi connectivity index (χ4n) is 1.95. The molecule has 0 unspecified atom stereocenters. The quantitative estimate of drug-likeness (QED) is 0.758. The first kappa shape index (κ1) is 14.0. The number of ether oxygens (including phenoxy) is 1. The van der Waals surface area contributed by atoms with Crippen molar-refractivity contribution in [3.63, 3.8) is 0 Å². The average Bonchev–Trinajstić information content (AvgIpc) is 2.85. The molecular weight excluding hydrogens is 264 g/mol. The highest BCUT2D eigenvalue weighted by Gasteiger charge is 2.14. The Bertz CT molecular complexity index is 768. The van der Waals surface area contributed by atoms with Gasteiger partial charge in [-0.1, -0.05) is 0 Å². The third-order valence-electron chi connectivity index (χ3n) is 3.02. The molecule has 0 bridgehead atoms. The molecule has 108 valence electrons. The summed E-state index contributed by atoms with van der Waals surface area (Å²) in [6.07, 6.45) is 0.493. The molecule has 0 aromatic carbocycles. The largest absolute Gasteiger partial charge is 0.466 e. The summed E-state index contributed by atoms with van der Waals surface area (Å²) in [5, 5.41) is 0. The first-order chi connectivity index (χ1) is 9.45. The second-order valence-electron chi connectivity index (χ2n) is 4.39. The van der Waals surface area contributed by atoms with Crippen LogP contribution in [0.25, 0.3) is 11.2 Å². The van der Waals surface area contributed by atoms with Gasteiger partial charge in [-0.3, -0.25) is 18.7 Å². The summed E-state index contributed by atoms with van der Waals surface area (Å²) in [6.45, 7) is 2.06. The van der Waals surface area contributed by atoms with Crippen LogP contribution in [0.3, 0.4) is 0 Å². The van der Waals surface area contributed by atoms with E-state index in [-0.39, 0.29) is 23.6 Å². The highest BCUT2D eigenvalue weighted by molar-refractivity contribution is 5.71. The molecule has 1 N–H and O–H groups in total. The van der Waals surface area contributed by atoms with Crippen molar-refractivity contribution >= 4 is 17.1 Å². The van der Waals surface area contributed by atoms with Gasteiger partial charge in [0.15, 0.2) is 5.65 Å². The third-order valence-corrected chi connectivity index (χ3v) is 3.02. The van der Waals surface area contributed by atoms with Gasteiger partial charge in [-0.05, 0) is 6.92 Å². The lowest BCUT2D eigenvalue weighted by Crippen LogP contribution is -2.36. The van der Waals surface area contributed by atoms with Crippen molar-refractivity contribution in [1.29, 1.82) is 0 Å². The number of fused-ring (bicyclic) bond motifs is 1. The Morgan fingerprint density at radius 1 is 1.30 bits per heavy atom. The van der Waals surface area contributed by atoms with Crippen LogP contribution in [0.5, 0.6) is 0 Å². The van der Waals surface area contributed by atoms with Crippen LogP contribution < -0.4 is 11.2 Å². The molecule has 0 atom stereocenters. The van der Waals surface area contributed by atoms with Crippen LogP contribution in [-0.4, -0.2) is 31.7 Å². The molecule has 8 heteroatoms. The van der Waals surface area contributed by atoms with Crippen LogP contribution >= 0.6 is 0 Å². The summed E-state index contributed by atoms with van der Waals surface area (Å²) < 4.78 is 7.12.